The molecular formula is C25H25ClN6O6S2. The van der Waals surface area contributed by atoms with E-state index in [0.29, 0.717) is 22.4 Å². The first-order valence-electron chi connectivity index (χ1n) is 11.8. The number of aromatic nitrogens is 4. The highest BCUT2D eigenvalue weighted by Crippen LogP contribution is 2.30. The van der Waals surface area contributed by atoms with E-state index in [0.717, 1.165) is 21.3 Å². The second-order valence-electron chi connectivity index (χ2n) is 8.57. The summed E-state index contributed by atoms with van der Waals surface area (Å²) in [5.41, 5.74) is 2.81. The first-order chi connectivity index (χ1) is 19.0. The van der Waals surface area contributed by atoms with E-state index < -0.39 is 27.1 Å². The molecule has 4 aromatic rings. The lowest BCUT2D eigenvalue weighted by atomic mass is 10.1. The van der Waals surface area contributed by atoms with Crippen LogP contribution in [0.5, 0.6) is 11.9 Å². The van der Waals surface area contributed by atoms with Crippen LogP contribution in [0.4, 0.5) is 5.13 Å². The van der Waals surface area contributed by atoms with E-state index in [1.54, 1.807) is 11.4 Å². The van der Waals surface area contributed by atoms with Crippen LogP contribution < -0.4 is 20.1 Å². The number of carbonyl (C=O) groups excluding carboxylic acids is 2. The number of methoxy groups -OCH3 is 2. The van der Waals surface area contributed by atoms with Crippen molar-refractivity contribution in [2.75, 3.05) is 26.1 Å². The van der Waals surface area contributed by atoms with E-state index in [4.69, 9.17) is 21.1 Å². The summed E-state index contributed by atoms with van der Waals surface area (Å²) < 4.78 is 36.0. The van der Waals surface area contributed by atoms with E-state index in [1.165, 1.54) is 45.5 Å². The fourth-order valence-corrected chi connectivity index (χ4v) is 5.64. The van der Waals surface area contributed by atoms with E-state index >= 15 is 0 Å². The molecule has 3 heterocycles. The van der Waals surface area contributed by atoms with Gasteiger partial charge in [0.05, 0.1) is 43.0 Å². The number of hydrogen-bond acceptors (Lipinski definition) is 10. The molecule has 0 fully saturated rings. The lowest BCUT2D eigenvalue weighted by Crippen LogP contribution is -2.32. The van der Waals surface area contributed by atoms with Crippen LogP contribution in [0, 0.1) is 0 Å². The minimum absolute atomic E-state index is 0.0115. The van der Waals surface area contributed by atoms with Gasteiger partial charge in [-0.2, -0.15) is 9.97 Å². The van der Waals surface area contributed by atoms with E-state index in [2.05, 4.69) is 25.6 Å². The fraction of sp³-hybridized carbons (Fsp3) is 0.240. The van der Waals surface area contributed by atoms with Crippen molar-refractivity contribution >= 4 is 49.9 Å². The first kappa shape index (κ1) is 29.0. The van der Waals surface area contributed by atoms with Crippen molar-refractivity contribution in [1.29, 1.82) is 0 Å². The number of carbonyl (C=O) groups is 2. The Morgan fingerprint density at radius 1 is 1.05 bits per heavy atom. The molecule has 2 N–H and O–H groups in total. The van der Waals surface area contributed by atoms with Crippen molar-refractivity contribution in [3.05, 3.63) is 58.7 Å². The van der Waals surface area contributed by atoms with Crippen molar-refractivity contribution in [3.63, 3.8) is 0 Å². The molecule has 0 spiro atoms. The third-order valence-electron chi connectivity index (χ3n) is 5.56. The molecule has 0 aliphatic carbocycles. The summed E-state index contributed by atoms with van der Waals surface area (Å²) in [5, 5.41) is 6.36. The molecule has 0 aliphatic rings. The molecule has 12 nitrogen and oxygen atoms in total. The largest absolute Gasteiger partial charge is 0.481 e. The summed E-state index contributed by atoms with van der Waals surface area (Å²) in [6.07, 6.45) is 1.12. The number of nitrogens with one attached hydrogen (secondary N) is 2. The van der Waals surface area contributed by atoms with Crippen LogP contribution >= 0.6 is 22.9 Å². The van der Waals surface area contributed by atoms with Gasteiger partial charge >= 0.3 is 6.01 Å². The number of benzene rings is 1. The van der Waals surface area contributed by atoms with Crippen molar-refractivity contribution < 1.29 is 27.5 Å². The molecule has 210 valence electrons. The zero-order valence-electron chi connectivity index (χ0n) is 21.8. The Hall–Kier alpha value is -4.01. The van der Waals surface area contributed by atoms with Gasteiger partial charge in [0.15, 0.2) is 5.13 Å². The molecule has 0 atom stereocenters. The Bertz CT molecular complexity index is 1650. The first-order valence-corrected chi connectivity index (χ1v) is 14.5. The number of thiazole rings is 1. The molecule has 0 saturated carbocycles. The van der Waals surface area contributed by atoms with Crippen LogP contribution in [0.2, 0.25) is 5.15 Å². The lowest BCUT2D eigenvalue weighted by Gasteiger charge is -2.09. The molecule has 0 bridgehead atoms. The van der Waals surface area contributed by atoms with Crippen LogP contribution in [0.25, 0.3) is 22.5 Å². The van der Waals surface area contributed by atoms with Gasteiger partial charge in [-0.25, -0.2) is 17.4 Å². The Labute approximate surface area is 239 Å². The summed E-state index contributed by atoms with van der Waals surface area (Å²) in [6, 6.07) is 10.6. The zero-order chi connectivity index (χ0) is 29.0. The maximum Gasteiger partial charge on any atom is 0.320 e. The molecule has 0 saturated heterocycles. The van der Waals surface area contributed by atoms with Gasteiger partial charge in [0.2, 0.25) is 21.8 Å². The number of anilines is 1. The molecule has 0 unspecified atom stereocenters. The van der Waals surface area contributed by atoms with Gasteiger partial charge in [0.1, 0.15) is 5.15 Å². The topological polar surface area (TPSA) is 154 Å². The van der Waals surface area contributed by atoms with Crippen LogP contribution in [0.1, 0.15) is 24.2 Å². The normalized spacial score (nSPS) is 11.3. The SMILES string of the molecule is COc1cc(-c2cccc(-c3csc(NC(=O)CNC(=O)c4cc(Cl)n(S(=O)(=O)C(C)C)c4)n3)c2)nc(OC)n1. The quantitative estimate of drug-likeness (QED) is 0.276. The molecule has 40 heavy (non-hydrogen) atoms. The smallest absolute Gasteiger partial charge is 0.320 e. The van der Waals surface area contributed by atoms with Gasteiger partial charge in [-0.05, 0) is 26.0 Å². The van der Waals surface area contributed by atoms with Gasteiger partial charge in [-0.15, -0.1) is 11.3 Å². The van der Waals surface area contributed by atoms with Gasteiger partial charge in [-0.3, -0.25) is 9.59 Å². The number of ether oxygens (including phenoxy) is 2. The molecule has 3 aromatic heterocycles. The van der Waals surface area contributed by atoms with Crippen LogP contribution in [0.3, 0.4) is 0 Å². The molecule has 15 heteroatoms. The monoisotopic (exact) mass is 604 g/mol. The Kier molecular flexibility index (Phi) is 8.71. The predicted octanol–water partition coefficient (Wildman–Crippen LogP) is 3.69. The van der Waals surface area contributed by atoms with Crippen molar-refractivity contribution in [3.8, 4) is 34.4 Å². The number of halogens is 1. The maximum atomic E-state index is 12.5. The Morgan fingerprint density at radius 3 is 2.45 bits per heavy atom. The zero-order valence-corrected chi connectivity index (χ0v) is 24.2. The van der Waals surface area contributed by atoms with E-state index in [-0.39, 0.29) is 23.3 Å². The van der Waals surface area contributed by atoms with Gasteiger partial charge in [0, 0.05) is 28.8 Å². The summed E-state index contributed by atoms with van der Waals surface area (Å²) in [4.78, 5) is 37.9. The summed E-state index contributed by atoms with van der Waals surface area (Å²) in [6.45, 7) is 2.65. The fourth-order valence-electron chi connectivity index (χ4n) is 3.44. The highest BCUT2D eigenvalue weighted by atomic mass is 35.5. The second kappa shape index (κ2) is 12.0. The lowest BCUT2D eigenvalue weighted by molar-refractivity contribution is -0.115. The van der Waals surface area contributed by atoms with Gasteiger partial charge in [0.25, 0.3) is 5.91 Å². The van der Waals surface area contributed by atoms with Gasteiger partial charge < -0.3 is 20.1 Å². The number of hydrogen-bond donors (Lipinski definition) is 2. The summed E-state index contributed by atoms with van der Waals surface area (Å²) in [7, 11) is -0.761. The highest BCUT2D eigenvalue weighted by molar-refractivity contribution is 7.90. The standard InChI is InChI=1S/C25H25ClN6O6S2/c1-14(2)40(35,36)32-12-17(9-20(32)26)23(34)27-11-21(33)30-25-29-19(13-39-25)16-7-5-6-15(8-16)18-10-22(37-3)31-24(28-18)38-4/h5-10,12-14H,11H2,1-4H3,(H,27,34)(H,29,30,33). The summed E-state index contributed by atoms with van der Waals surface area (Å²) in [5.74, 6) is -0.799. The molecule has 4 rings (SSSR count). The van der Waals surface area contributed by atoms with Gasteiger partial charge in [-0.1, -0.05) is 29.8 Å². The summed E-state index contributed by atoms with van der Waals surface area (Å²) >= 11 is 7.23. The van der Waals surface area contributed by atoms with Crippen LogP contribution in [-0.2, 0) is 14.8 Å². The number of rotatable bonds is 10. The van der Waals surface area contributed by atoms with Crippen molar-refractivity contribution in [1.82, 2.24) is 24.2 Å². The molecule has 0 radical (unpaired) electrons. The highest BCUT2D eigenvalue weighted by Gasteiger charge is 2.23. The maximum absolute atomic E-state index is 12.5. The van der Waals surface area contributed by atoms with Crippen LogP contribution in [0.15, 0.2) is 48.0 Å². The molecule has 0 aliphatic heterocycles. The van der Waals surface area contributed by atoms with E-state index in [1.807, 2.05) is 24.3 Å². The van der Waals surface area contributed by atoms with E-state index in [9.17, 15) is 18.0 Å². The molecule has 1 aromatic carbocycles. The predicted molar refractivity (Wildman–Crippen MR) is 152 cm³/mol. The third-order valence-corrected chi connectivity index (χ3v) is 8.75. The Morgan fingerprint density at radius 2 is 1.77 bits per heavy atom. The van der Waals surface area contributed by atoms with Crippen molar-refractivity contribution in [2.45, 2.75) is 19.1 Å². The molecule has 2 amide bonds. The third kappa shape index (κ3) is 6.41. The van der Waals surface area contributed by atoms with Crippen molar-refractivity contribution in [2.24, 2.45) is 0 Å². The average molecular weight is 605 g/mol. The number of nitrogens with zero attached hydrogens (tertiary/aromatic N) is 4. The minimum Gasteiger partial charge on any atom is -0.481 e. The second-order valence-corrected chi connectivity index (χ2v) is 12.2. The number of amides is 2. The average Bonchev–Trinajstić information content (AvgIpc) is 3.58. The molecular weight excluding hydrogens is 580 g/mol. The van der Waals surface area contributed by atoms with Crippen LogP contribution in [-0.4, -0.2) is 65.2 Å². The minimum atomic E-state index is -3.74. The Balaban J connectivity index is 1.40.